The van der Waals surface area contributed by atoms with Crippen molar-refractivity contribution < 1.29 is 14.0 Å². The Bertz CT molecular complexity index is 1100. The lowest BCUT2D eigenvalue weighted by atomic mass is 10.0. The first-order valence-electron chi connectivity index (χ1n) is 8.51. The van der Waals surface area contributed by atoms with Crippen LogP contribution in [0.15, 0.2) is 89.0 Å². The Balaban J connectivity index is 1.83. The number of halogens is 2. The van der Waals surface area contributed by atoms with Crippen molar-refractivity contribution in [2.45, 2.75) is 0 Å². The minimum absolute atomic E-state index is 0.151. The van der Waals surface area contributed by atoms with Gasteiger partial charge < -0.3 is 5.32 Å². The Hall–Kier alpha value is -3.25. The molecule has 0 spiro atoms. The van der Waals surface area contributed by atoms with Crippen LogP contribution in [0.5, 0.6) is 0 Å². The number of hydrogen-bond donors (Lipinski definition) is 1. The third-order valence-corrected chi connectivity index (χ3v) is 4.82. The number of carbonyl (C=O) groups excluding carboxylic acids is 2. The minimum Gasteiger partial charge on any atom is -0.350 e. The topological polar surface area (TPSA) is 49.4 Å². The van der Waals surface area contributed by atoms with Gasteiger partial charge in [0.1, 0.15) is 11.5 Å². The van der Waals surface area contributed by atoms with Crippen LogP contribution in [0, 0.1) is 5.82 Å². The third kappa shape index (κ3) is 3.34. The van der Waals surface area contributed by atoms with Gasteiger partial charge in [-0.05, 0) is 48.0 Å². The highest BCUT2D eigenvalue weighted by atomic mass is 79.9. The van der Waals surface area contributed by atoms with Crippen molar-refractivity contribution in [3.05, 3.63) is 100 Å². The Morgan fingerprint density at radius 2 is 1.54 bits per heavy atom. The predicted molar refractivity (Wildman–Crippen MR) is 110 cm³/mol. The van der Waals surface area contributed by atoms with Gasteiger partial charge in [-0.2, -0.15) is 0 Å². The quantitative estimate of drug-likeness (QED) is 0.586. The van der Waals surface area contributed by atoms with Gasteiger partial charge in [-0.3, -0.25) is 9.59 Å². The number of carbonyl (C=O) groups is 2. The van der Waals surface area contributed by atoms with E-state index in [0.29, 0.717) is 16.9 Å². The molecule has 0 aliphatic carbocycles. The van der Waals surface area contributed by atoms with E-state index in [0.717, 1.165) is 9.37 Å². The first-order valence-corrected chi connectivity index (χ1v) is 9.30. The summed E-state index contributed by atoms with van der Waals surface area (Å²) in [5, 5.41) is 3.07. The summed E-state index contributed by atoms with van der Waals surface area (Å²) in [6.07, 6.45) is 0. The van der Waals surface area contributed by atoms with Crippen LogP contribution in [0.2, 0.25) is 0 Å². The molecule has 6 heteroatoms. The van der Waals surface area contributed by atoms with Crippen LogP contribution in [-0.2, 0) is 9.59 Å². The van der Waals surface area contributed by atoms with Crippen LogP contribution < -0.4 is 10.2 Å². The van der Waals surface area contributed by atoms with Crippen LogP contribution >= 0.6 is 15.9 Å². The van der Waals surface area contributed by atoms with Crippen LogP contribution in [0.1, 0.15) is 5.56 Å². The Labute approximate surface area is 169 Å². The SMILES string of the molecule is O=C1C(Nc2cccc(Br)c2)=C(c2ccc(F)cc2)C(=O)N1c1ccccc1. The number of para-hydroxylation sites is 1. The zero-order valence-corrected chi connectivity index (χ0v) is 16.1. The summed E-state index contributed by atoms with van der Waals surface area (Å²) in [5.41, 5.74) is 1.95. The normalized spacial score (nSPS) is 14.0. The van der Waals surface area contributed by atoms with Gasteiger partial charge in [0.2, 0.25) is 0 Å². The zero-order valence-electron chi connectivity index (χ0n) is 14.5. The predicted octanol–water partition coefficient (Wildman–Crippen LogP) is 4.98. The van der Waals surface area contributed by atoms with Crippen LogP contribution in [-0.4, -0.2) is 11.8 Å². The summed E-state index contributed by atoms with van der Waals surface area (Å²) in [5.74, 6) is -1.33. The van der Waals surface area contributed by atoms with Gasteiger partial charge in [-0.15, -0.1) is 0 Å². The lowest BCUT2D eigenvalue weighted by Crippen LogP contribution is -2.32. The number of nitrogens with zero attached hydrogens (tertiary/aromatic N) is 1. The summed E-state index contributed by atoms with van der Waals surface area (Å²) in [7, 11) is 0. The molecule has 4 nitrogen and oxygen atoms in total. The summed E-state index contributed by atoms with van der Waals surface area (Å²) in [6, 6.07) is 21.5. The van der Waals surface area contributed by atoms with Gasteiger partial charge in [0.05, 0.1) is 11.3 Å². The van der Waals surface area contributed by atoms with E-state index in [2.05, 4.69) is 21.2 Å². The first kappa shape index (κ1) is 18.1. The molecular weight excluding hydrogens is 423 g/mol. The molecule has 0 unspecified atom stereocenters. The highest BCUT2D eigenvalue weighted by molar-refractivity contribution is 9.10. The van der Waals surface area contributed by atoms with Crippen molar-refractivity contribution in [2.24, 2.45) is 0 Å². The van der Waals surface area contributed by atoms with Gasteiger partial charge in [-0.25, -0.2) is 9.29 Å². The second-order valence-corrected chi connectivity index (χ2v) is 7.09. The average Bonchev–Trinajstić information content (AvgIpc) is 2.93. The van der Waals surface area contributed by atoms with Crippen LogP contribution in [0.3, 0.4) is 0 Å². The fraction of sp³-hybridized carbons (Fsp3) is 0. The molecule has 1 N–H and O–H groups in total. The molecule has 4 rings (SSSR count). The summed E-state index contributed by atoms with van der Waals surface area (Å²) in [4.78, 5) is 27.5. The number of amides is 2. The Kier molecular flexibility index (Phi) is 4.79. The minimum atomic E-state index is -0.462. The van der Waals surface area contributed by atoms with E-state index in [1.165, 1.54) is 24.3 Å². The standard InChI is InChI=1S/C22H14BrFN2O2/c23-15-5-4-6-17(13-15)25-20-19(14-9-11-16(24)12-10-14)21(27)26(22(20)28)18-7-2-1-3-8-18/h1-13,25H. The summed E-state index contributed by atoms with van der Waals surface area (Å²) in [6.45, 7) is 0. The van der Waals surface area contributed by atoms with Crippen molar-refractivity contribution >= 4 is 44.7 Å². The number of benzene rings is 3. The second kappa shape index (κ2) is 7.40. The third-order valence-electron chi connectivity index (χ3n) is 4.33. The fourth-order valence-corrected chi connectivity index (χ4v) is 3.45. The molecule has 1 aliphatic rings. The number of imide groups is 1. The molecule has 138 valence electrons. The lowest BCUT2D eigenvalue weighted by molar-refractivity contribution is -0.120. The van der Waals surface area contributed by atoms with E-state index >= 15 is 0 Å². The Morgan fingerprint density at radius 3 is 2.21 bits per heavy atom. The zero-order chi connectivity index (χ0) is 19.7. The molecule has 0 aromatic heterocycles. The Morgan fingerprint density at radius 1 is 0.821 bits per heavy atom. The molecule has 28 heavy (non-hydrogen) atoms. The molecule has 3 aromatic carbocycles. The monoisotopic (exact) mass is 436 g/mol. The van der Waals surface area contributed by atoms with Gasteiger partial charge in [0.25, 0.3) is 11.8 Å². The summed E-state index contributed by atoms with van der Waals surface area (Å²) >= 11 is 3.40. The van der Waals surface area contributed by atoms with Gasteiger partial charge >= 0.3 is 0 Å². The largest absolute Gasteiger partial charge is 0.350 e. The van der Waals surface area contributed by atoms with Crippen molar-refractivity contribution in [1.29, 1.82) is 0 Å². The highest BCUT2D eigenvalue weighted by Gasteiger charge is 2.40. The van der Waals surface area contributed by atoms with E-state index in [-0.39, 0.29) is 11.3 Å². The average molecular weight is 437 g/mol. The van der Waals surface area contributed by atoms with E-state index in [4.69, 9.17) is 0 Å². The van der Waals surface area contributed by atoms with Crippen molar-refractivity contribution in [3.63, 3.8) is 0 Å². The van der Waals surface area contributed by atoms with Gasteiger partial charge in [0, 0.05) is 10.2 Å². The molecule has 3 aromatic rings. The number of rotatable bonds is 4. The highest BCUT2D eigenvalue weighted by Crippen LogP contribution is 2.34. The lowest BCUT2D eigenvalue weighted by Gasteiger charge is -2.15. The molecular formula is C22H14BrFN2O2. The second-order valence-electron chi connectivity index (χ2n) is 6.17. The van der Waals surface area contributed by atoms with Gasteiger partial charge in [0.15, 0.2) is 0 Å². The molecule has 0 bridgehead atoms. The van der Waals surface area contributed by atoms with Crippen LogP contribution in [0.4, 0.5) is 15.8 Å². The molecule has 0 saturated carbocycles. The van der Waals surface area contributed by atoms with Gasteiger partial charge in [-0.1, -0.05) is 52.3 Å². The summed E-state index contributed by atoms with van der Waals surface area (Å²) < 4.78 is 14.2. The van der Waals surface area contributed by atoms with E-state index in [1.54, 1.807) is 36.4 Å². The van der Waals surface area contributed by atoms with Crippen molar-refractivity contribution in [1.82, 2.24) is 0 Å². The van der Waals surface area contributed by atoms with E-state index < -0.39 is 17.6 Å². The fourth-order valence-electron chi connectivity index (χ4n) is 3.05. The van der Waals surface area contributed by atoms with Crippen molar-refractivity contribution in [3.8, 4) is 0 Å². The first-order chi connectivity index (χ1) is 13.5. The molecule has 0 atom stereocenters. The van der Waals surface area contributed by atoms with E-state index in [1.807, 2.05) is 18.2 Å². The number of hydrogen-bond acceptors (Lipinski definition) is 3. The molecule has 2 amide bonds. The number of nitrogens with one attached hydrogen (secondary N) is 1. The smallest absolute Gasteiger partial charge is 0.282 e. The number of anilines is 2. The molecule has 0 saturated heterocycles. The maximum absolute atomic E-state index is 13.4. The molecule has 1 aliphatic heterocycles. The van der Waals surface area contributed by atoms with Crippen LogP contribution in [0.25, 0.3) is 5.57 Å². The molecule has 0 fully saturated rings. The van der Waals surface area contributed by atoms with Crippen molar-refractivity contribution in [2.75, 3.05) is 10.2 Å². The maximum atomic E-state index is 13.4. The molecule has 1 heterocycles. The molecule has 0 radical (unpaired) electrons. The maximum Gasteiger partial charge on any atom is 0.282 e. The van der Waals surface area contributed by atoms with E-state index in [9.17, 15) is 14.0 Å².